The quantitative estimate of drug-likeness (QED) is 0.610. The molecule has 23 heavy (non-hydrogen) atoms. The molecule has 0 spiro atoms. The zero-order valence-corrected chi connectivity index (χ0v) is 14.6. The second-order valence-corrected chi connectivity index (χ2v) is 6.49. The Labute approximate surface area is 139 Å². The number of nitrogens with one attached hydrogen (secondary N) is 1. The average molecular weight is 335 g/mol. The van der Waals surface area contributed by atoms with Gasteiger partial charge in [-0.1, -0.05) is 17.8 Å². The fourth-order valence-electron chi connectivity index (χ4n) is 1.90. The first-order valence-corrected chi connectivity index (χ1v) is 8.20. The summed E-state index contributed by atoms with van der Waals surface area (Å²) in [5, 5.41) is 14.9. The van der Waals surface area contributed by atoms with E-state index in [1.807, 2.05) is 32.0 Å². The van der Waals surface area contributed by atoms with Crippen molar-refractivity contribution in [2.45, 2.75) is 31.2 Å². The van der Waals surface area contributed by atoms with Crippen LogP contribution < -0.4 is 5.32 Å². The summed E-state index contributed by atoms with van der Waals surface area (Å²) in [5.41, 5.74) is 3.26. The molecular formula is C15H21N5O2S. The van der Waals surface area contributed by atoms with E-state index in [1.54, 1.807) is 11.8 Å². The third-order valence-electron chi connectivity index (χ3n) is 3.43. The number of benzene rings is 1. The van der Waals surface area contributed by atoms with E-state index in [0.717, 1.165) is 5.69 Å². The van der Waals surface area contributed by atoms with Crippen LogP contribution in [0.4, 0.5) is 0 Å². The summed E-state index contributed by atoms with van der Waals surface area (Å²) in [6.45, 7) is 6.90. The molecule has 1 heterocycles. The highest BCUT2D eigenvalue weighted by atomic mass is 32.2. The Morgan fingerprint density at radius 3 is 2.87 bits per heavy atom. The number of carbonyl (C=O) groups is 1. The fourth-order valence-corrected chi connectivity index (χ4v) is 2.74. The highest BCUT2D eigenvalue weighted by Crippen LogP contribution is 2.23. The van der Waals surface area contributed by atoms with Crippen LogP contribution in [0.2, 0.25) is 0 Å². The Kier molecular flexibility index (Phi) is 6.12. The molecule has 0 saturated heterocycles. The van der Waals surface area contributed by atoms with Crippen LogP contribution >= 0.6 is 11.8 Å². The molecule has 2 rings (SSSR count). The van der Waals surface area contributed by atoms with Crippen LogP contribution in [0.5, 0.6) is 0 Å². The van der Waals surface area contributed by atoms with Gasteiger partial charge in [-0.2, -0.15) is 4.68 Å². The van der Waals surface area contributed by atoms with E-state index in [4.69, 9.17) is 4.74 Å². The third-order valence-corrected chi connectivity index (χ3v) is 4.47. The first-order chi connectivity index (χ1) is 11.0. The van der Waals surface area contributed by atoms with Gasteiger partial charge in [0.25, 0.3) is 0 Å². The van der Waals surface area contributed by atoms with Crippen molar-refractivity contribution in [1.82, 2.24) is 25.5 Å². The lowest BCUT2D eigenvalue weighted by Crippen LogP contribution is -2.33. The molecule has 1 aromatic carbocycles. The number of aromatic nitrogens is 4. The SMILES string of the molecule is COCCNC(=O)[C@@H](C)Sc1nnnn1-c1ccc(C)c(C)c1. The number of hydrogen-bond acceptors (Lipinski definition) is 6. The van der Waals surface area contributed by atoms with Crippen LogP contribution in [0.3, 0.4) is 0 Å². The molecule has 0 aliphatic carbocycles. The molecule has 1 atom stereocenters. The van der Waals surface area contributed by atoms with Crippen molar-refractivity contribution in [2.24, 2.45) is 0 Å². The molecule has 0 aliphatic rings. The molecule has 1 amide bonds. The average Bonchev–Trinajstić information content (AvgIpc) is 2.98. The number of hydrogen-bond donors (Lipinski definition) is 1. The van der Waals surface area contributed by atoms with Crippen molar-refractivity contribution in [2.75, 3.05) is 20.3 Å². The smallest absolute Gasteiger partial charge is 0.233 e. The Morgan fingerprint density at radius 2 is 2.17 bits per heavy atom. The summed E-state index contributed by atoms with van der Waals surface area (Å²) in [6.07, 6.45) is 0. The minimum absolute atomic E-state index is 0.0679. The Balaban J connectivity index is 2.08. The number of amides is 1. The van der Waals surface area contributed by atoms with Gasteiger partial charge in [-0.25, -0.2) is 0 Å². The van der Waals surface area contributed by atoms with Gasteiger partial charge in [0.2, 0.25) is 11.1 Å². The number of methoxy groups -OCH3 is 1. The van der Waals surface area contributed by atoms with E-state index < -0.39 is 0 Å². The van der Waals surface area contributed by atoms with Crippen molar-refractivity contribution in [3.63, 3.8) is 0 Å². The first kappa shape index (κ1) is 17.4. The highest BCUT2D eigenvalue weighted by molar-refractivity contribution is 8.00. The molecule has 1 N–H and O–H groups in total. The van der Waals surface area contributed by atoms with Crippen molar-refractivity contribution < 1.29 is 9.53 Å². The molecule has 8 heteroatoms. The van der Waals surface area contributed by atoms with Crippen LogP contribution in [-0.4, -0.2) is 51.6 Å². The van der Waals surface area contributed by atoms with Gasteiger partial charge >= 0.3 is 0 Å². The van der Waals surface area contributed by atoms with Crippen molar-refractivity contribution in [3.05, 3.63) is 29.3 Å². The summed E-state index contributed by atoms with van der Waals surface area (Å²) < 4.78 is 6.57. The van der Waals surface area contributed by atoms with Gasteiger partial charge < -0.3 is 10.1 Å². The van der Waals surface area contributed by atoms with Crippen molar-refractivity contribution >= 4 is 17.7 Å². The minimum atomic E-state index is -0.303. The molecule has 0 bridgehead atoms. The normalized spacial score (nSPS) is 12.2. The standard InChI is InChI=1S/C15H21N5O2S/c1-10-5-6-13(9-11(10)2)20-15(17-18-19-20)23-12(3)14(21)16-7-8-22-4/h5-6,9,12H,7-8H2,1-4H3,(H,16,21)/t12-/m1/s1. The lowest BCUT2D eigenvalue weighted by molar-refractivity contribution is -0.120. The molecule has 0 fully saturated rings. The van der Waals surface area contributed by atoms with Crippen LogP contribution in [0.1, 0.15) is 18.1 Å². The van der Waals surface area contributed by atoms with Gasteiger partial charge in [0.15, 0.2) is 0 Å². The van der Waals surface area contributed by atoms with Crippen LogP contribution in [0.25, 0.3) is 5.69 Å². The van der Waals surface area contributed by atoms with Gasteiger partial charge in [0.05, 0.1) is 17.5 Å². The predicted molar refractivity (Wildman–Crippen MR) is 88.8 cm³/mol. The van der Waals surface area contributed by atoms with E-state index in [2.05, 4.69) is 27.8 Å². The maximum atomic E-state index is 12.0. The van der Waals surface area contributed by atoms with E-state index in [0.29, 0.717) is 18.3 Å². The number of ether oxygens (including phenoxy) is 1. The van der Waals surface area contributed by atoms with Crippen molar-refractivity contribution in [1.29, 1.82) is 0 Å². The maximum Gasteiger partial charge on any atom is 0.233 e. The summed E-state index contributed by atoms with van der Waals surface area (Å²) in [6, 6.07) is 6.02. The van der Waals surface area contributed by atoms with Crippen LogP contribution in [-0.2, 0) is 9.53 Å². The Bertz CT molecular complexity index is 674. The topological polar surface area (TPSA) is 81.9 Å². The molecule has 7 nitrogen and oxygen atoms in total. The molecule has 0 aliphatic heterocycles. The third kappa shape index (κ3) is 4.52. The van der Waals surface area contributed by atoms with Gasteiger partial charge in [-0.05, 0) is 54.5 Å². The first-order valence-electron chi connectivity index (χ1n) is 7.32. The molecular weight excluding hydrogens is 314 g/mol. The summed E-state index contributed by atoms with van der Waals surface area (Å²) in [5.74, 6) is -0.0679. The number of nitrogens with zero attached hydrogens (tertiary/aromatic N) is 4. The van der Waals surface area contributed by atoms with Crippen molar-refractivity contribution in [3.8, 4) is 5.69 Å². The van der Waals surface area contributed by atoms with E-state index >= 15 is 0 Å². The van der Waals surface area contributed by atoms with Crippen LogP contribution in [0, 0.1) is 13.8 Å². The Hall–Kier alpha value is -1.93. The van der Waals surface area contributed by atoms with E-state index in [9.17, 15) is 4.79 Å². The lowest BCUT2D eigenvalue weighted by Gasteiger charge is -2.12. The maximum absolute atomic E-state index is 12.0. The summed E-state index contributed by atoms with van der Waals surface area (Å²) >= 11 is 1.32. The molecule has 0 radical (unpaired) electrons. The zero-order chi connectivity index (χ0) is 16.8. The van der Waals surface area contributed by atoms with E-state index in [1.165, 1.54) is 22.9 Å². The van der Waals surface area contributed by atoms with Gasteiger partial charge in [-0.3, -0.25) is 4.79 Å². The molecule has 0 saturated carbocycles. The molecule has 124 valence electrons. The highest BCUT2D eigenvalue weighted by Gasteiger charge is 2.19. The monoisotopic (exact) mass is 335 g/mol. The number of carbonyl (C=O) groups excluding carboxylic acids is 1. The number of thioether (sulfide) groups is 1. The second kappa shape index (κ2) is 8.07. The lowest BCUT2D eigenvalue weighted by atomic mass is 10.1. The number of aryl methyl sites for hydroxylation is 2. The molecule has 0 unspecified atom stereocenters. The van der Waals surface area contributed by atoms with Crippen LogP contribution in [0.15, 0.2) is 23.4 Å². The van der Waals surface area contributed by atoms with E-state index in [-0.39, 0.29) is 11.2 Å². The molecule has 1 aromatic heterocycles. The summed E-state index contributed by atoms with van der Waals surface area (Å²) in [4.78, 5) is 12.0. The fraction of sp³-hybridized carbons (Fsp3) is 0.467. The predicted octanol–water partition coefficient (Wildman–Crippen LogP) is 1.52. The minimum Gasteiger partial charge on any atom is -0.383 e. The number of rotatable bonds is 7. The Morgan fingerprint density at radius 1 is 1.39 bits per heavy atom. The zero-order valence-electron chi connectivity index (χ0n) is 13.7. The second-order valence-electron chi connectivity index (χ2n) is 5.19. The van der Waals surface area contributed by atoms with Gasteiger partial charge in [0, 0.05) is 13.7 Å². The largest absolute Gasteiger partial charge is 0.383 e. The molecule has 2 aromatic rings. The summed E-state index contributed by atoms with van der Waals surface area (Å²) in [7, 11) is 1.60. The number of tetrazole rings is 1. The van der Waals surface area contributed by atoms with Gasteiger partial charge in [-0.15, -0.1) is 5.10 Å². The van der Waals surface area contributed by atoms with Gasteiger partial charge in [0.1, 0.15) is 0 Å².